The molecule has 0 amide bonds. The molecule has 13 heavy (non-hydrogen) atoms. The molecule has 0 fully saturated rings. The van der Waals surface area contributed by atoms with E-state index >= 15 is 0 Å². The molecule has 0 saturated carbocycles. The molecule has 1 aromatic heterocycles. The van der Waals surface area contributed by atoms with E-state index in [1.807, 2.05) is 6.92 Å². The van der Waals surface area contributed by atoms with Gasteiger partial charge < -0.3 is 10.9 Å². The second kappa shape index (κ2) is 4.70. The minimum absolute atomic E-state index is 0.222. The number of thioether (sulfide) groups is 1. The molecular formula is C6H11N5OS. The highest BCUT2D eigenvalue weighted by molar-refractivity contribution is 7.99. The van der Waals surface area contributed by atoms with Gasteiger partial charge in [0.15, 0.2) is 0 Å². The lowest BCUT2D eigenvalue weighted by atomic mass is 10.5. The first-order valence-corrected chi connectivity index (χ1v) is 4.69. The Bertz CT molecular complexity index is 297. The average molecular weight is 201 g/mol. The molecule has 7 heteroatoms. The number of aromatic amines is 1. The molecule has 6 nitrogen and oxygen atoms in total. The van der Waals surface area contributed by atoms with Gasteiger partial charge in [0, 0.05) is 12.2 Å². The molecular weight excluding hydrogens is 190 g/mol. The van der Waals surface area contributed by atoms with Crippen molar-refractivity contribution in [2.75, 3.05) is 5.75 Å². The zero-order valence-electron chi connectivity index (χ0n) is 7.19. The summed E-state index contributed by atoms with van der Waals surface area (Å²) in [5, 5.41) is 18.4. The highest BCUT2D eigenvalue weighted by Crippen LogP contribution is 2.12. The monoisotopic (exact) mass is 201 g/mol. The topological polar surface area (TPSA) is 100 Å². The fourth-order valence-electron chi connectivity index (χ4n) is 0.684. The predicted octanol–water partition coefficient (Wildman–Crippen LogP) is 0.342. The van der Waals surface area contributed by atoms with Crippen LogP contribution in [0.25, 0.3) is 0 Å². The molecule has 1 aromatic rings. The lowest BCUT2D eigenvalue weighted by molar-refractivity contribution is 0.317. The highest BCUT2D eigenvalue weighted by atomic mass is 32.2. The number of oxime groups is 1. The first-order valence-electron chi connectivity index (χ1n) is 3.70. The second-order valence-corrected chi connectivity index (χ2v) is 3.46. The number of aryl methyl sites for hydroxylation is 1. The van der Waals surface area contributed by atoms with Crippen LogP contribution in [0.2, 0.25) is 0 Å². The Morgan fingerprint density at radius 3 is 3.08 bits per heavy atom. The average Bonchev–Trinajstić information content (AvgIpc) is 2.51. The van der Waals surface area contributed by atoms with E-state index in [1.54, 1.807) is 0 Å². The van der Waals surface area contributed by atoms with E-state index in [0.717, 1.165) is 5.82 Å². The third kappa shape index (κ3) is 3.32. The number of hydrogen-bond acceptors (Lipinski definition) is 5. The Labute approximate surface area is 79.6 Å². The number of nitrogens with two attached hydrogens (primary N) is 1. The third-order valence-electron chi connectivity index (χ3n) is 1.29. The van der Waals surface area contributed by atoms with E-state index in [1.165, 1.54) is 11.8 Å². The maximum absolute atomic E-state index is 8.25. The van der Waals surface area contributed by atoms with Crippen LogP contribution in [0.15, 0.2) is 10.3 Å². The van der Waals surface area contributed by atoms with E-state index in [0.29, 0.717) is 17.3 Å². The number of nitrogens with zero attached hydrogens (tertiary/aromatic N) is 3. The molecule has 0 radical (unpaired) electrons. The van der Waals surface area contributed by atoms with Crippen LogP contribution in [0, 0.1) is 6.92 Å². The van der Waals surface area contributed by atoms with Crippen LogP contribution in [0.1, 0.15) is 12.2 Å². The van der Waals surface area contributed by atoms with Gasteiger partial charge in [-0.3, -0.25) is 5.10 Å². The van der Waals surface area contributed by atoms with Crippen molar-refractivity contribution in [3.05, 3.63) is 5.82 Å². The van der Waals surface area contributed by atoms with Gasteiger partial charge in [-0.25, -0.2) is 4.98 Å². The van der Waals surface area contributed by atoms with Gasteiger partial charge >= 0.3 is 0 Å². The normalized spacial score (nSPS) is 11.9. The largest absolute Gasteiger partial charge is 0.409 e. The Balaban J connectivity index is 2.28. The van der Waals surface area contributed by atoms with Gasteiger partial charge in [0.25, 0.3) is 0 Å². The number of amidine groups is 1. The minimum Gasteiger partial charge on any atom is -0.409 e. The molecule has 0 atom stereocenters. The molecule has 0 aliphatic rings. The van der Waals surface area contributed by atoms with Crippen LogP contribution in [0.4, 0.5) is 0 Å². The smallest absolute Gasteiger partial charge is 0.208 e. The van der Waals surface area contributed by atoms with Gasteiger partial charge in [-0.1, -0.05) is 16.9 Å². The van der Waals surface area contributed by atoms with Gasteiger partial charge in [0.05, 0.1) is 0 Å². The van der Waals surface area contributed by atoms with Crippen molar-refractivity contribution < 1.29 is 5.21 Å². The summed E-state index contributed by atoms with van der Waals surface area (Å²) in [5.41, 5.74) is 5.28. The quantitative estimate of drug-likeness (QED) is 0.214. The summed E-state index contributed by atoms with van der Waals surface area (Å²) >= 11 is 1.46. The lowest BCUT2D eigenvalue weighted by Gasteiger charge is -1.94. The number of nitrogens with one attached hydrogen (secondary N) is 1. The summed E-state index contributed by atoms with van der Waals surface area (Å²) in [6, 6.07) is 0. The summed E-state index contributed by atoms with van der Waals surface area (Å²) in [7, 11) is 0. The number of H-pyrrole nitrogens is 1. The van der Waals surface area contributed by atoms with Gasteiger partial charge in [-0.05, 0) is 6.92 Å². The highest BCUT2D eigenvalue weighted by Gasteiger charge is 2.00. The number of aromatic nitrogens is 3. The Morgan fingerprint density at radius 2 is 2.54 bits per heavy atom. The summed E-state index contributed by atoms with van der Waals surface area (Å²) in [6.45, 7) is 1.83. The molecule has 0 spiro atoms. The molecule has 4 N–H and O–H groups in total. The van der Waals surface area contributed by atoms with Crippen molar-refractivity contribution >= 4 is 17.6 Å². The van der Waals surface area contributed by atoms with Crippen LogP contribution in [0.3, 0.4) is 0 Å². The fourth-order valence-corrected chi connectivity index (χ4v) is 1.49. The van der Waals surface area contributed by atoms with Crippen LogP contribution in [0.5, 0.6) is 0 Å². The van der Waals surface area contributed by atoms with Crippen molar-refractivity contribution in [3.63, 3.8) is 0 Å². The van der Waals surface area contributed by atoms with Crippen LogP contribution < -0.4 is 5.73 Å². The Hall–Kier alpha value is -1.24. The van der Waals surface area contributed by atoms with Crippen LogP contribution >= 0.6 is 11.8 Å². The first kappa shape index (κ1) is 9.85. The van der Waals surface area contributed by atoms with Crippen molar-refractivity contribution in [1.29, 1.82) is 0 Å². The molecule has 0 aliphatic carbocycles. The van der Waals surface area contributed by atoms with Gasteiger partial charge in [0.2, 0.25) is 5.16 Å². The van der Waals surface area contributed by atoms with E-state index in [9.17, 15) is 0 Å². The van der Waals surface area contributed by atoms with Crippen molar-refractivity contribution in [3.8, 4) is 0 Å². The SMILES string of the molecule is Cc1nc(SCC/C(N)=N/O)n[nH]1. The molecule has 0 bridgehead atoms. The van der Waals surface area contributed by atoms with Crippen molar-refractivity contribution in [2.24, 2.45) is 10.9 Å². The standard InChI is InChI=1S/C6H11N5OS/c1-4-8-6(10-9-4)13-3-2-5(7)11-12/h12H,2-3H2,1H3,(H2,7,11)(H,8,9,10). The maximum Gasteiger partial charge on any atom is 0.208 e. The van der Waals surface area contributed by atoms with Gasteiger partial charge in [-0.15, -0.1) is 5.10 Å². The van der Waals surface area contributed by atoms with Crippen LogP contribution in [-0.4, -0.2) is 32.0 Å². The van der Waals surface area contributed by atoms with E-state index < -0.39 is 0 Å². The first-order chi connectivity index (χ1) is 6.22. The fraction of sp³-hybridized carbons (Fsp3) is 0.500. The van der Waals surface area contributed by atoms with E-state index in [2.05, 4.69) is 20.3 Å². The molecule has 1 heterocycles. The van der Waals surface area contributed by atoms with Crippen molar-refractivity contribution in [2.45, 2.75) is 18.5 Å². The molecule has 1 rings (SSSR count). The summed E-state index contributed by atoms with van der Waals surface area (Å²) in [6.07, 6.45) is 0.523. The summed E-state index contributed by atoms with van der Waals surface area (Å²) in [5.74, 6) is 1.71. The molecule has 0 aromatic carbocycles. The second-order valence-electron chi connectivity index (χ2n) is 2.39. The maximum atomic E-state index is 8.25. The molecule has 0 aliphatic heterocycles. The van der Waals surface area contributed by atoms with Crippen LogP contribution in [-0.2, 0) is 0 Å². The number of rotatable bonds is 4. The Morgan fingerprint density at radius 1 is 1.77 bits per heavy atom. The summed E-state index contributed by atoms with van der Waals surface area (Å²) in [4.78, 5) is 4.09. The minimum atomic E-state index is 0.222. The lowest BCUT2D eigenvalue weighted by Crippen LogP contribution is -2.12. The predicted molar refractivity (Wildman–Crippen MR) is 49.9 cm³/mol. The van der Waals surface area contributed by atoms with Gasteiger partial charge in [0.1, 0.15) is 11.7 Å². The number of hydrogen-bond donors (Lipinski definition) is 3. The van der Waals surface area contributed by atoms with E-state index in [4.69, 9.17) is 10.9 Å². The van der Waals surface area contributed by atoms with Crippen molar-refractivity contribution in [1.82, 2.24) is 15.2 Å². The molecule has 0 saturated heterocycles. The zero-order chi connectivity index (χ0) is 9.68. The molecule has 72 valence electrons. The zero-order valence-corrected chi connectivity index (χ0v) is 8.01. The van der Waals surface area contributed by atoms with Gasteiger partial charge in [-0.2, -0.15) is 0 Å². The van der Waals surface area contributed by atoms with E-state index in [-0.39, 0.29) is 5.84 Å². The molecule has 0 unspecified atom stereocenters. The summed E-state index contributed by atoms with van der Waals surface area (Å²) < 4.78 is 0. The third-order valence-corrected chi connectivity index (χ3v) is 2.14. The Kier molecular flexibility index (Phi) is 3.56.